The molecule has 0 aliphatic carbocycles. The fraction of sp³-hybridized carbons (Fsp3) is 0.333. The number of hydrogen-bond acceptors (Lipinski definition) is 5. The summed E-state index contributed by atoms with van der Waals surface area (Å²) in [4.78, 5) is 25.7. The van der Waals surface area contributed by atoms with Gasteiger partial charge in [0.2, 0.25) is 11.9 Å². The molecule has 1 fully saturated rings. The van der Waals surface area contributed by atoms with Crippen LogP contribution in [0.15, 0.2) is 36.8 Å². The van der Waals surface area contributed by atoms with Crippen LogP contribution in [0.5, 0.6) is 0 Å². The van der Waals surface area contributed by atoms with Crippen molar-refractivity contribution in [2.75, 3.05) is 18.4 Å². The van der Waals surface area contributed by atoms with Crippen molar-refractivity contribution in [2.45, 2.75) is 19.8 Å². The van der Waals surface area contributed by atoms with Crippen LogP contribution >= 0.6 is 0 Å². The van der Waals surface area contributed by atoms with Crippen molar-refractivity contribution in [1.82, 2.24) is 19.9 Å². The molecule has 1 aliphatic rings. The molecule has 6 heteroatoms. The quantitative estimate of drug-likeness (QED) is 0.859. The monoisotopic (exact) mass is 321 g/mol. The van der Waals surface area contributed by atoms with Gasteiger partial charge >= 0.3 is 0 Å². The van der Waals surface area contributed by atoms with Gasteiger partial charge in [-0.2, -0.15) is 0 Å². The zero-order chi connectivity index (χ0) is 16.8. The van der Waals surface area contributed by atoms with Gasteiger partial charge in [-0.3, -0.25) is 4.79 Å². The number of carbonyl (C=O) groups is 1. The summed E-state index contributed by atoms with van der Waals surface area (Å²) in [5, 5.41) is 3.06. The Bertz CT molecular complexity index is 758. The van der Waals surface area contributed by atoms with E-state index in [1.807, 2.05) is 17.0 Å². The van der Waals surface area contributed by atoms with E-state index in [1.165, 1.54) is 0 Å². The summed E-state index contributed by atoms with van der Waals surface area (Å²) in [5.41, 5.74) is 0.900. The molecule has 24 heavy (non-hydrogen) atoms. The summed E-state index contributed by atoms with van der Waals surface area (Å²) in [6.45, 7) is 3.21. The lowest BCUT2D eigenvalue weighted by Gasteiger charge is -2.28. The minimum atomic E-state index is 0.148. The Balaban J connectivity index is 1.62. The molecule has 1 aliphatic heterocycles. The van der Waals surface area contributed by atoms with Gasteiger partial charge in [0.05, 0.1) is 0 Å². The summed E-state index contributed by atoms with van der Waals surface area (Å²) in [6.07, 6.45) is 6.92. The van der Waals surface area contributed by atoms with Crippen LogP contribution < -0.4 is 5.32 Å². The number of amides is 1. The molecule has 2 aromatic heterocycles. The molecular formula is C18H19N5O. The number of carbonyl (C=O) groups excluding carboxylic acids is 1. The molecule has 0 saturated carbocycles. The summed E-state index contributed by atoms with van der Waals surface area (Å²) in [5.74, 6) is 8.18. The number of nitrogens with zero attached hydrogens (tertiary/aromatic N) is 4. The maximum absolute atomic E-state index is 11.3. The molecule has 122 valence electrons. The van der Waals surface area contributed by atoms with E-state index < -0.39 is 0 Å². The highest BCUT2D eigenvalue weighted by molar-refractivity contribution is 5.73. The number of likely N-dealkylation sites (tertiary alicyclic amines) is 1. The number of rotatable bonds is 2. The van der Waals surface area contributed by atoms with Gasteiger partial charge in [-0.25, -0.2) is 15.0 Å². The lowest BCUT2D eigenvalue weighted by Crippen LogP contribution is -2.36. The number of pyridine rings is 1. The Morgan fingerprint density at radius 1 is 1.21 bits per heavy atom. The average Bonchev–Trinajstić information content (AvgIpc) is 2.61. The highest BCUT2D eigenvalue weighted by Gasteiger charge is 2.18. The third kappa shape index (κ3) is 4.29. The van der Waals surface area contributed by atoms with Gasteiger partial charge in [0.15, 0.2) is 0 Å². The maximum atomic E-state index is 11.3. The van der Waals surface area contributed by atoms with Crippen molar-refractivity contribution in [2.24, 2.45) is 5.92 Å². The van der Waals surface area contributed by atoms with Crippen LogP contribution in [0.4, 0.5) is 11.8 Å². The van der Waals surface area contributed by atoms with Crippen molar-refractivity contribution in [3.63, 3.8) is 0 Å². The van der Waals surface area contributed by atoms with Crippen LogP contribution in [0.25, 0.3) is 0 Å². The van der Waals surface area contributed by atoms with Crippen molar-refractivity contribution >= 4 is 17.7 Å². The minimum Gasteiger partial charge on any atom is -0.343 e. The zero-order valence-corrected chi connectivity index (χ0v) is 13.6. The van der Waals surface area contributed by atoms with E-state index in [9.17, 15) is 4.79 Å². The van der Waals surface area contributed by atoms with Gasteiger partial charge < -0.3 is 10.2 Å². The standard InChI is InChI=1S/C18H19N5O/c1-14(24)23-11-6-15(7-12-23)3-4-16-5-10-19-17(13-16)22-18-20-8-2-9-21-18/h2,5,8-10,13,15H,6-7,11-12H2,1H3,(H,19,20,21,22). The van der Waals surface area contributed by atoms with E-state index in [4.69, 9.17) is 0 Å². The Kier molecular flexibility index (Phi) is 5.02. The highest BCUT2D eigenvalue weighted by atomic mass is 16.2. The Hall–Kier alpha value is -2.94. The average molecular weight is 321 g/mol. The molecule has 0 spiro atoms. The van der Waals surface area contributed by atoms with Gasteiger partial charge in [-0.05, 0) is 31.0 Å². The lowest BCUT2D eigenvalue weighted by molar-refractivity contribution is -0.129. The molecule has 2 aromatic rings. The lowest BCUT2D eigenvalue weighted by atomic mass is 9.97. The van der Waals surface area contributed by atoms with Gasteiger partial charge in [-0.15, -0.1) is 0 Å². The first-order valence-corrected chi connectivity index (χ1v) is 7.98. The molecule has 1 N–H and O–H groups in total. The van der Waals surface area contributed by atoms with Crippen LogP contribution in [0.1, 0.15) is 25.3 Å². The second-order valence-electron chi connectivity index (χ2n) is 5.68. The van der Waals surface area contributed by atoms with E-state index in [1.54, 1.807) is 31.6 Å². The summed E-state index contributed by atoms with van der Waals surface area (Å²) in [6, 6.07) is 5.53. The second kappa shape index (κ2) is 7.55. The van der Waals surface area contributed by atoms with Crippen molar-refractivity contribution in [1.29, 1.82) is 0 Å². The first-order chi connectivity index (χ1) is 11.7. The maximum Gasteiger partial charge on any atom is 0.228 e. The SMILES string of the molecule is CC(=O)N1CCC(C#Cc2ccnc(Nc3ncccn3)c2)CC1. The number of anilines is 2. The molecule has 0 unspecified atom stereocenters. The van der Waals surface area contributed by atoms with E-state index >= 15 is 0 Å². The normalized spacial score (nSPS) is 14.6. The summed E-state index contributed by atoms with van der Waals surface area (Å²) < 4.78 is 0. The molecule has 0 bridgehead atoms. The van der Waals surface area contributed by atoms with Crippen molar-refractivity contribution in [3.05, 3.63) is 42.4 Å². The van der Waals surface area contributed by atoms with Crippen LogP contribution in [0.2, 0.25) is 0 Å². The molecular weight excluding hydrogens is 302 g/mol. The molecule has 3 heterocycles. The van der Waals surface area contributed by atoms with Crippen LogP contribution in [-0.4, -0.2) is 38.8 Å². The zero-order valence-electron chi connectivity index (χ0n) is 13.6. The molecule has 1 saturated heterocycles. The van der Waals surface area contributed by atoms with Gasteiger partial charge in [0, 0.05) is 50.1 Å². The molecule has 0 aromatic carbocycles. The predicted octanol–water partition coefficient (Wildman–Crippen LogP) is 2.23. The van der Waals surface area contributed by atoms with E-state index in [2.05, 4.69) is 32.1 Å². The Labute approximate surface area is 141 Å². The van der Waals surface area contributed by atoms with Crippen LogP contribution in [0.3, 0.4) is 0 Å². The largest absolute Gasteiger partial charge is 0.343 e. The van der Waals surface area contributed by atoms with E-state index in [0.717, 1.165) is 31.5 Å². The van der Waals surface area contributed by atoms with E-state index in [-0.39, 0.29) is 5.91 Å². The number of hydrogen-bond donors (Lipinski definition) is 1. The second-order valence-corrected chi connectivity index (χ2v) is 5.68. The van der Waals surface area contributed by atoms with Gasteiger partial charge in [-0.1, -0.05) is 11.8 Å². The van der Waals surface area contributed by atoms with Crippen LogP contribution in [0, 0.1) is 17.8 Å². The summed E-state index contributed by atoms with van der Waals surface area (Å²) >= 11 is 0. The third-order valence-corrected chi connectivity index (χ3v) is 3.93. The Morgan fingerprint density at radius 2 is 1.96 bits per heavy atom. The first kappa shape index (κ1) is 15.9. The molecule has 0 radical (unpaired) electrons. The van der Waals surface area contributed by atoms with Gasteiger partial charge in [0.1, 0.15) is 5.82 Å². The smallest absolute Gasteiger partial charge is 0.228 e. The number of piperidine rings is 1. The molecule has 6 nitrogen and oxygen atoms in total. The minimum absolute atomic E-state index is 0.148. The topological polar surface area (TPSA) is 71.0 Å². The Morgan fingerprint density at radius 3 is 2.67 bits per heavy atom. The highest BCUT2D eigenvalue weighted by Crippen LogP contribution is 2.17. The van der Waals surface area contributed by atoms with Gasteiger partial charge in [0.25, 0.3) is 0 Å². The first-order valence-electron chi connectivity index (χ1n) is 7.98. The number of nitrogens with one attached hydrogen (secondary N) is 1. The van der Waals surface area contributed by atoms with Crippen LogP contribution in [-0.2, 0) is 4.79 Å². The van der Waals surface area contributed by atoms with Crippen molar-refractivity contribution in [3.8, 4) is 11.8 Å². The molecule has 1 amide bonds. The van der Waals surface area contributed by atoms with E-state index in [0.29, 0.717) is 17.7 Å². The fourth-order valence-electron chi connectivity index (χ4n) is 2.58. The third-order valence-electron chi connectivity index (χ3n) is 3.93. The van der Waals surface area contributed by atoms with Crippen molar-refractivity contribution < 1.29 is 4.79 Å². The predicted molar refractivity (Wildman–Crippen MR) is 91.4 cm³/mol. The fourth-order valence-corrected chi connectivity index (χ4v) is 2.58. The molecule has 3 rings (SSSR count). The molecule has 0 atom stereocenters. The number of aromatic nitrogens is 3. The summed E-state index contributed by atoms with van der Waals surface area (Å²) in [7, 11) is 0.